The van der Waals surface area contributed by atoms with Crippen LogP contribution in [0.1, 0.15) is 51.4 Å². The van der Waals surface area contributed by atoms with Crippen LogP contribution in [0.15, 0.2) is 0 Å². The van der Waals surface area contributed by atoms with Gasteiger partial charge in [-0.1, -0.05) is 32.1 Å². The van der Waals surface area contributed by atoms with Crippen LogP contribution in [0, 0.1) is 12.3 Å². The summed E-state index contributed by atoms with van der Waals surface area (Å²) in [5.74, 6) is 3.48. The van der Waals surface area contributed by atoms with Crippen LogP contribution in [0.25, 0.3) is 0 Å². The van der Waals surface area contributed by atoms with Crippen molar-refractivity contribution in [2.24, 2.45) is 0 Å². The summed E-state index contributed by atoms with van der Waals surface area (Å²) >= 11 is 5.56. The number of terminal acetylenes is 1. The van der Waals surface area contributed by atoms with Crippen LogP contribution >= 0.6 is 11.6 Å². The Morgan fingerprint density at radius 1 is 0.833 bits per heavy atom. The van der Waals surface area contributed by atoms with Crippen molar-refractivity contribution in [3.05, 3.63) is 0 Å². The highest BCUT2D eigenvalue weighted by Crippen LogP contribution is 2.08. The van der Waals surface area contributed by atoms with Gasteiger partial charge in [-0.2, -0.15) is 0 Å². The zero-order chi connectivity index (χ0) is 9.07. The van der Waals surface area contributed by atoms with E-state index in [1.807, 2.05) is 0 Å². The molecule has 12 heavy (non-hydrogen) atoms. The Morgan fingerprint density at radius 2 is 1.33 bits per heavy atom. The van der Waals surface area contributed by atoms with Crippen LogP contribution in [-0.2, 0) is 0 Å². The molecule has 0 unspecified atom stereocenters. The van der Waals surface area contributed by atoms with Crippen LogP contribution in [-0.4, -0.2) is 5.88 Å². The standard InChI is InChI=1S/C11H19Cl/c1-2-3-4-5-6-7-8-9-10-11-12/h1H,3-11H2. The fraction of sp³-hybridized carbons (Fsp3) is 0.818. The number of halogens is 1. The van der Waals surface area contributed by atoms with Gasteiger partial charge >= 0.3 is 0 Å². The molecule has 0 aromatic heterocycles. The SMILES string of the molecule is C#CCCCCCCCCCCl. The summed E-state index contributed by atoms with van der Waals surface area (Å²) in [4.78, 5) is 0. The molecule has 0 fully saturated rings. The predicted octanol–water partition coefficient (Wildman–Crippen LogP) is 3.98. The van der Waals surface area contributed by atoms with Crippen molar-refractivity contribution in [2.45, 2.75) is 51.4 Å². The molecule has 0 rings (SSSR count). The average Bonchev–Trinajstić information content (AvgIpc) is 2.10. The predicted molar refractivity (Wildman–Crippen MR) is 56.5 cm³/mol. The van der Waals surface area contributed by atoms with Crippen LogP contribution in [0.4, 0.5) is 0 Å². The summed E-state index contributed by atoms with van der Waals surface area (Å²) in [5.41, 5.74) is 0. The number of alkyl halides is 1. The summed E-state index contributed by atoms with van der Waals surface area (Å²) in [6.07, 6.45) is 15.1. The van der Waals surface area contributed by atoms with E-state index in [1.165, 1.54) is 44.9 Å². The summed E-state index contributed by atoms with van der Waals surface area (Å²) in [7, 11) is 0. The maximum Gasteiger partial charge on any atom is 0.0223 e. The van der Waals surface area contributed by atoms with Crippen molar-refractivity contribution in [2.75, 3.05) is 5.88 Å². The molecule has 0 aliphatic heterocycles. The first-order valence-electron chi connectivity index (χ1n) is 4.91. The summed E-state index contributed by atoms with van der Waals surface area (Å²) < 4.78 is 0. The molecular weight excluding hydrogens is 168 g/mol. The highest BCUT2D eigenvalue weighted by molar-refractivity contribution is 6.17. The van der Waals surface area contributed by atoms with Crippen molar-refractivity contribution in [3.63, 3.8) is 0 Å². The third-order valence-electron chi connectivity index (χ3n) is 1.95. The maximum absolute atomic E-state index is 5.56. The van der Waals surface area contributed by atoms with E-state index in [0.717, 1.165) is 12.3 Å². The molecule has 0 atom stereocenters. The van der Waals surface area contributed by atoms with Crippen LogP contribution < -0.4 is 0 Å². The lowest BCUT2D eigenvalue weighted by Crippen LogP contribution is -1.80. The molecule has 70 valence electrons. The van der Waals surface area contributed by atoms with Crippen molar-refractivity contribution in [3.8, 4) is 12.3 Å². The van der Waals surface area contributed by atoms with E-state index in [2.05, 4.69) is 5.92 Å². The van der Waals surface area contributed by atoms with E-state index in [9.17, 15) is 0 Å². The monoisotopic (exact) mass is 186 g/mol. The average molecular weight is 187 g/mol. The van der Waals surface area contributed by atoms with Gasteiger partial charge in [0.05, 0.1) is 0 Å². The first-order valence-corrected chi connectivity index (χ1v) is 5.44. The van der Waals surface area contributed by atoms with E-state index in [1.54, 1.807) is 0 Å². The van der Waals surface area contributed by atoms with Gasteiger partial charge in [0.1, 0.15) is 0 Å². The van der Waals surface area contributed by atoms with E-state index in [4.69, 9.17) is 18.0 Å². The van der Waals surface area contributed by atoms with Gasteiger partial charge in [-0.25, -0.2) is 0 Å². The first-order chi connectivity index (χ1) is 5.91. The second-order valence-electron chi connectivity index (χ2n) is 3.12. The molecule has 0 aromatic rings. The quantitative estimate of drug-likeness (QED) is 0.306. The van der Waals surface area contributed by atoms with Crippen molar-refractivity contribution >= 4 is 11.6 Å². The van der Waals surface area contributed by atoms with Gasteiger partial charge in [-0.05, 0) is 12.8 Å². The minimum atomic E-state index is 0.817. The lowest BCUT2D eigenvalue weighted by molar-refractivity contribution is 0.595. The Bertz CT molecular complexity index is 113. The largest absolute Gasteiger partial charge is 0.127 e. The highest BCUT2D eigenvalue weighted by atomic mass is 35.5. The maximum atomic E-state index is 5.56. The van der Waals surface area contributed by atoms with Gasteiger partial charge in [-0.15, -0.1) is 23.9 Å². The molecule has 0 aliphatic rings. The number of hydrogen-bond acceptors (Lipinski definition) is 0. The summed E-state index contributed by atoms with van der Waals surface area (Å²) in [5, 5.41) is 0. The van der Waals surface area contributed by atoms with E-state index >= 15 is 0 Å². The summed E-state index contributed by atoms with van der Waals surface area (Å²) in [6.45, 7) is 0. The first kappa shape index (κ1) is 11.8. The molecule has 0 spiro atoms. The number of unbranched alkanes of at least 4 members (excludes halogenated alkanes) is 7. The fourth-order valence-electron chi connectivity index (χ4n) is 1.21. The molecule has 0 N–H and O–H groups in total. The second kappa shape index (κ2) is 10.8. The van der Waals surface area contributed by atoms with Crippen molar-refractivity contribution < 1.29 is 0 Å². The minimum absolute atomic E-state index is 0.817. The van der Waals surface area contributed by atoms with Gasteiger partial charge in [0.15, 0.2) is 0 Å². The van der Waals surface area contributed by atoms with E-state index in [0.29, 0.717) is 0 Å². The third-order valence-corrected chi connectivity index (χ3v) is 2.22. The van der Waals surface area contributed by atoms with Gasteiger partial charge < -0.3 is 0 Å². The smallest absolute Gasteiger partial charge is 0.0223 e. The molecule has 0 saturated carbocycles. The molecule has 0 amide bonds. The molecule has 0 aromatic carbocycles. The minimum Gasteiger partial charge on any atom is -0.127 e. The Labute approximate surface area is 81.7 Å². The second-order valence-corrected chi connectivity index (χ2v) is 3.50. The van der Waals surface area contributed by atoms with Crippen LogP contribution in [0.3, 0.4) is 0 Å². The Balaban J connectivity index is 2.78. The molecule has 0 heterocycles. The normalized spacial score (nSPS) is 9.67. The van der Waals surface area contributed by atoms with Gasteiger partial charge in [-0.3, -0.25) is 0 Å². The van der Waals surface area contributed by atoms with Gasteiger partial charge in [0.25, 0.3) is 0 Å². The molecule has 0 bridgehead atoms. The molecule has 0 aliphatic carbocycles. The molecule has 0 nitrogen and oxygen atoms in total. The van der Waals surface area contributed by atoms with E-state index < -0.39 is 0 Å². The fourth-order valence-corrected chi connectivity index (χ4v) is 1.39. The Morgan fingerprint density at radius 3 is 1.83 bits per heavy atom. The van der Waals surface area contributed by atoms with Gasteiger partial charge in [0.2, 0.25) is 0 Å². The molecule has 0 radical (unpaired) electrons. The Kier molecular flexibility index (Phi) is 10.7. The van der Waals surface area contributed by atoms with Crippen LogP contribution in [0.5, 0.6) is 0 Å². The van der Waals surface area contributed by atoms with Crippen LogP contribution in [0.2, 0.25) is 0 Å². The molecule has 0 saturated heterocycles. The number of rotatable bonds is 8. The lowest BCUT2D eigenvalue weighted by atomic mass is 10.1. The summed E-state index contributed by atoms with van der Waals surface area (Å²) in [6, 6.07) is 0. The molecular formula is C11H19Cl. The molecule has 1 heteroatoms. The topological polar surface area (TPSA) is 0 Å². The lowest BCUT2D eigenvalue weighted by Gasteiger charge is -1.98. The zero-order valence-corrected chi connectivity index (χ0v) is 8.58. The van der Waals surface area contributed by atoms with E-state index in [-0.39, 0.29) is 0 Å². The van der Waals surface area contributed by atoms with Gasteiger partial charge in [0, 0.05) is 12.3 Å². The number of hydrogen-bond donors (Lipinski definition) is 0. The third kappa shape index (κ3) is 9.85. The Hall–Kier alpha value is -0.150. The van der Waals surface area contributed by atoms with Crippen molar-refractivity contribution in [1.29, 1.82) is 0 Å². The highest BCUT2D eigenvalue weighted by Gasteiger charge is 1.89. The zero-order valence-electron chi connectivity index (χ0n) is 7.82. The van der Waals surface area contributed by atoms with Crippen molar-refractivity contribution in [1.82, 2.24) is 0 Å².